The number of carboxylic acid groups (broad SMARTS) is 1. The Morgan fingerprint density at radius 1 is 1.06 bits per heavy atom. The highest BCUT2D eigenvalue weighted by Crippen LogP contribution is 2.32. The van der Waals surface area contributed by atoms with Crippen molar-refractivity contribution in [2.75, 3.05) is 6.54 Å². The summed E-state index contributed by atoms with van der Waals surface area (Å²) in [5.74, 6) is -2.62. The van der Waals surface area contributed by atoms with Gasteiger partial charge in [-0.3, -0.25) is 14.3 Å². The normalized spacial score (nSPS) is 17.6. The summed E-state index contributed by atoms with van der Waals surface area (Å²) in [6.45, 7) is -2.57. The van der Waals surface area contributed by atoms with Gasteiger partial charge >= 0.3 is 24.1 Å². The fourth-order valence-electron chi connectivity index (χ4n) is 4.85. The molecule has 1 saturated heterocycles. The number of benzene rings is 1. The van der Waals surface area contributed by atoms with Crippen LogP contribution in [0.3, 0.4) is 0 Å². The van der Waals surface area contributed by atoms with E-state index < -0.39 is 85.7 Å². The Morgan fingerprint density at radius 3 is 2.40 bits per heavy atom. The summed E-state index contributed by atoms with van der Waals surface area (Å²) in [5, 5.41) is 19.2. The van der Waals surface area contributed by atoms with E-state index in [-0.39, 0.29) is 22.2 Å². The van der Waals surface area contributed by atoms with E-state index >= 15 is 0 Å². The summed E-state index contributed by atoms with van der Waals surface area (Å²) in [6.07, 6.45) is -12.1. The fraction of sp³-hybridized carbons (Fsp3) is 0.346. The molecule has 0 radical (unpaired) electrons. The number of pyridine rings is 1. The van der Waals surface area contributed by atoms with Gasteiger partial charge in [-0.2, -0.15) is 26.3 Å². The highest BCUT2D eigenvalue weighted by Gasteiger charge is 2.46. The Morgan fingerprint density at radius 2 is 1.77 bits per heavy atom. The summed E-state index contributed by atoms with van der Waals surface area (Å²) in [5.41, 5.74) is -2.16. The summed E-state index contributed by atoms with van der Waals surface area (Å²) >= 11 is 5.93. The lowest BCUT2D eigenvalue weighted by Gasteiger charge is -2.26. The molecule has 2 amide bonds. The first-order valence-electron chi connectivity index (χ1n) is 13.4. The van der Waals surface area contributed by atoms with Gasteiger partial charge in [-0.15, -0.1) is 10.2 Å². The summed E-state index contributed by atoms with van der Waals surface area (Å²) < 4.78 is 99.1. The second-order valence-corrected chi connectivity index (χ2v) is 10.7. The Balaban J connectivity index is 1.49. The zero-order valence-corrected chi connectivity index (χ0v) is 24.2. The zero-order chi connectivity index (χ0) is 34.3. The molecule has 1 aliphatic heterocycles. The molecular weight excluding hydrogens is 671 g/mol. The molecule has 47 heavy (non-hydrogen) atoms. The van der Waals surface area contributed by atoms with E-state index in [0.29, 0.717) is 18.8 Å². The first kappa shape index (κ1) is 33.4. The van der Waals surface area contributed by atoms with Gasteiger partial charge in [-0.05, 0) is 36.4 Å². The monoisotopic (exact) mass is 691 g/mol. The quantitative estimate of drug-likeness (QED) is 0.266. The van der Waals surface area contributed by atoms with E-state index in [4.69, 9.17) is 11.6 Å². The SMILES string of the molecule is O=C(N[C@@H](Cn1c(-c2ccc(Cl)cc2)nn(Cc2ncn(-c3ncccc3C(F)(F)F)n2)c1=O)C(F)(F)F)[C@@H]1C[C@H](F)CN1C(=O)O. The minimum absolute atomic E-state index is 0.118. The van der Waals surface area contributed by atoms with E-state index in [2.05, 4.69) is 20.2 Å². The van der Waals surface area contributed by atoms with Gasteiger partial charge < -0.3 is 10.4 Å². The van der Waals surface area contributed by atoms with Crippen molar-refractivity contribution >= 4 is 23.6 Å². The number of halogens is 8. The van der Waals surface area contributed by atoms with Crippen molar-refractivity contribution in [1.29, 1.82) is 0 Å². The molecule has 4 aromatic rings. The topological polar surface area (TPSA) is 153 Å². The van der Waals surface area contributed by atoms with Crippen molar-refractivity contribution in [2.24, 2.45) is 0 Å². The predicted molar refractivity (Wildman–Crippen MR) is 146 cm³/mol. The number of hydrogen-bond donors (Lipinski definition) is 2. The molecule has 0 spiro atoms. The van der Waals surface area contributed by atoms with Gasteiger partial charge in [-0.25, -0.2) is 33.3 Å². The van der Waals surface area contributed by atoms with Crippen LogP contribution in [0.1, 0.15) is 17.8 Å². The van der Waals surface area contributed by atoms with Crippen LogP contribution in [-0.4, -0.2) is 87.1 Å². The number of carbonyl (C=O) groups excluding carboxylic acids is 1. The van der Waals surface area contributed by atoms with Gasteiger partial charge in [0.25, 0.3) is 0 Å². The molecule has 5 rings (SSSR count). The molecule has 3 atom stereocenters. The minimum Gasteiger partial charge on any atom is -0.465 e. The number of aromatic nitrogens is 7. The van der Waals surface area contributed by atoms with E-state index in [1.165, 1.54) is 24.3 Å². The number of likely N-dealkylation sites (tertiary alicyclic amines) is 1. The molecule has 13 nitrogen and oxygen atoms in total. The summed E-state index contributed by atoms with van der Waals surface area (Å²) in [4.78, 5) is 45.6. The third kappa shape index (κ3) is 7.21. The first-order valence-corrected chi connectivity index (χ1v) is 13.8. The lowest BCUT2D eigenvalue weighted by molar-refractivity contribution is -0.165. The molecule has 2 N–H and O–H groups in total. The van der Waals surface area contributed by atoms with Crippen LogP contribution in [-0.2, 0) is 24.1 Å². The maximum absolute atomic E-state index is 14.3. The van der Waals surface area contributed by atoms with Crippen LogP contribution in [0.25, 0.3) is 17.2 Å². The second kappa shape index (κ2) is 12.6. The van der Waals surface area contributed by atoms with Crippen molar-refractivity contribution in [3.8, 4) is 17.2 Å². The highest BCUT2D eigenvalue weighted by molar-refractivity contribution is 6.30. The number of hydrogen-bond acceptors (Lipinski definition) is 7. The Kier molecular flexibility index (Phi) is 8.98. The van der Waals surface area contributed by atoms with Gasteiger partial charge in [0.1, 0.15) is 36.7 Å². The third-order valence-corrected chi connectivity index (χ3v) is 7.29. The van der Waals surface area contributed by atoms with Crippen LogP contribution in [0.15, 0.2) is 53.7 Å². The molecule has 0 unspecified atom stereocenters. The number of alkyl halides is 7. The van der Waals surface area contributed by atoms with Crippen LogP contribution in [0.2, 0.25) is 5.02 Å². The second-order valence-electron chi connectivity index (χ2n) is 10.2. The molecule has 0 saturated carbocycles. The lowest BCUT2D eigenvalue weighted by atomic mass is 10.1. The average Bonchev–Trinajstić information content (AvgIpc) is 3.70. The van der Waals surface area contributed by atoms with E-state index in [1.807, 2.05) is 0 Å². The maximum Gasteiger partial charge on any atom is 0.420 e. The molecule has 250 valence electrons. The highest BCUT2D eigenvalue weighted by atomic mass is 35.5. The molecular formula is C26H21ClF7N9O4. The minimum atomic E-state index is -5.19. The summed E-state index contributed by atoms with van der Waals surface area (Å²) in [7, 11) is 0. The zero-order valence-electron chi connectivity index (χ0n) is 23.5. The van der Waals surface area contributed by atoms with Gasteiger partial charge in [-0.1, -0.05) is 11.6 Å². The van der Waals surface area contributed by atoms with Gasteiger partial charge in [0.05, 0.1) is 13.1 Å². The fourth-order valence-corrected chi connectivity index (χ4v) is 4.98. The van der Waals surface area contributed by atoms with Crippen LogP contribution in [0.4, 0.5) is 35.5 Å². The predicted octanol–water partition coefficient (Wildman–Crippen LogP) is 3.55. The van der Waals surface area contributed by atoms with Gasteiger partial charge in [0.2, 0.25) is 5.91 Å². The van der Waals surface area contributed by atoms with E-state index in [1.54, 1.807) is 5.32 Å². The van der Waals surface area contributed by atoms with Crippen LogP contribution in [0, 0.1) is 0 Å². The molecule has 1 aliphatic rings. The number of nitrogens with zero attached hydrogens (tertiary/aromatic N) is 8. The van der Waals surface area contributed by atoms with Crippen LogP contribution in [0.5, 0.6) is 0 Å². The van der Waals surface area contributed by atoms with Crippen molar-refractivity contribution in [3.05, 3.63) is 75.8 Å². The molecule has 0 aliphatic carbocycles. The standard InChI is InChI=1S/C26H21ClF7N9O4/c27-14-5-3-13(4-6-14)20-39-42(11-19-36-12-43(38-19)21-16(25(29,30)31)2-1-7-35-21)23(45)41(20)10-18(26(32,33)34)37-22(44)17-8-15(28)9-40(17)24(46)47/h1-7,12,15,17-18H,8-11H2,(H,37,44)(H,46,47)/t15-,17-,18-/m0/s1. The van der Waals surface area contributed by atoms with Gasteiger partial charge in [0.15, 0.2) is 17.5 Å². The maximum atomic E-state index is 14.3. The Bertz CT molecular complexity index is 1840. The van der Waals surface area contributed by atoms with Crippen molar-refractivity contribution in [1.82, 2.24) is 44.3 Å². The number of carbonyl (C=O) groups is 2. The number of nitrogens with one attached hydrogen (secondary N) is 1. The van der Waals surface area contributed by atoms with E-state index in [0.717, 1.165) is 24.7 Å². The molecule has 1 fully saturated rings. The Hall–Kier alpha value is -5.01. The Labute approximate surface area is 263 Å². The molecule has 3 aromatic heterocycles. The first-order chi connectivity index (χ1) is 22.0. The third-order valence-electron chi connectivity index (χ3n) is 7.04. The van der Waals surface area contributed by atoms with Gasteiger partial charge in [0, 0.05) is 23.2 Å². The van der Waals surface area contributed by atoms with Crippen molar-refractivity contribution in [2.45, 2.75) is 50.1 Å². The van der Waals surface area contributed by atoms with Crippen molar-refractivity contribution < 1.29 is 45.4 Å². The van der Waals surface area contributed by atoms with Crippen LogP contribution >= 0.6 is 11.6 Å². The number of rotatable bonds is 8. The van der Waals surface area contributed by atoms with Crippen LogP contribution < -0.4 is 11.0 Å². The lowest BCUT2D eigenvalue weighted by Crippen LogP contribution is -2.54. The molecule has 21 heteroatoms. The molecule has 0 bridgehead atoms. The van der Waals surface area contributed by atoms with Crippen molar-refractivity contribution in [3.63, 3.8) is 0 Å². The molecule has 1 aromatic carbocycles. The smallest absolute Gasteiger partial charge is 0.420 e. The van der Waals surface area contributed by atoms with E-state index in [9.17, 15) is 50.2 Å². The number of amides is 2. The largest absolute Gasteiger partial charge is 0.465 e. The summed E-state index contributed by atoms with van der Waals surface area (Å²) in [6, 6.07) is 2.76. The average molecular weight is 692 g/mol. The molecule has 4 heterocycles.